The molecule has 0 aliphatic carbocycles. The van der Waals surface area contributed by atoms with Gasteiger partial charge in [0.1, 0.15) is 6.61 Å². The first-order valence-electron chi connectivity index (χ1n) is 9.41. The number of esters is 1. The maximum absolute atomic E-state index is 12.0. The van der Waals surface area contributed by atoms with Gasteiger partial charge in [-0.3, -0.25) is 9.59 Å². The molecule has 154 valence electrons. The van der Waals surface area contributed by atoms with Crippen molar-refractivity contribution in [2.75, 3.05) is 19.8 Å². The molecular weight excluding hydrogens is 364 g/mol. The van der Waals surface area contributed by atoms with Crippen LogP contribution in [-0.2, 0) is 23.9 Å². The molecule has 0 aliphatic rings. The average Bonchev–Trinajstić information content (AvgIpc) is 2.67. The largest absolute Gasteiger partial charge is 0.481 e. The van der Waals surface area contributed by atoms with Crippen LogP contribution in [0.4, 0.5) is 0 Å². The van der Waals surface area contributed by atoms with Gasteiger partial charge in [0.15, 0.2) is 0 Å². The Labute approximate surface area is 165 Å². The molecule has 1 aromatic rings. The number of benzene rings is 1. The maximum Gasteiger partial charge on any atom is 0.332 e. The lowest BCUT2D eigenvalue weighted by Gasteiger charge is -2.13. The number of hydrogen-bond acceptors (Lipinski definition) is 5. The number of carboxylic acids is 2. The summed E-state index contributed by atoms with van der Waals surface area (Å²) < 4.78 is 10.3. The highest BCUT2D eigenvalue weighted by atomic mass is 16.6. The zero-order valence-electron chi connectivity index (χ0n) is 16.1. The van der Waals surface area contributed by atoms with E-state index >= 15 is 0 Å². The van der Waals surface area contributed by atoms with E-state index in [9.17, 15) is 24.6 Å². The molecule has 0 saturated carbocycles. The molecule has 7 heteroatoms. The number of carbonyl (C=O) groups is 3. The molecule has 1 aromatic carbocycles. The molecule has 1 atom stereocenters. The van der Waals surface area contributed by atoms with E-state index in [0.29, 0.717) is 12.2 Å². The first-order chi connectivity index (χ1) is 13.5. The molecule has 0 heterocycles. The van der Waals surface area contributed by atoms with Crippen molar-refractivity contribution in [1.82, 2.24) is 0 Å². The van der Waals surface area contributed by atoms with Crippen molar-refractivity contribution in [1.29, 1.82) is 0 Å². The van der Waals surface area contributed by atoms with Gasteiger partial charge in [0.25, 0.3) is 0 Å². The Morgan fingerprint density at radius 1 is 1.00 bits per heavy atom. The van der Waals surface area contributed by atoms with Crippen molar-refractivity contribution in [2.45, 2.75) is 39.0 Å². The van der Waals surface area contributed by atoms with E-state index in [-0.39, 0.29) is 18.8 Å². The van der Waals surface area contributed by atoms with Crippen LogP contribution in [-0.4, -0.2) is 47.9 Å². The standard InChI is InChI=1S/C21H28O7/c1-2-3-4-8-11-27-12-13-28-19(22)15-18(21(25)26)17(20(23)24)14-16-9-6-5-7-10-16/h5-7,9-10,14,18H,2-4,8,11-13,15H2,1H3,(H,23,24)(H,25,26). The molecule has 0 saturated heterocycles. The van der Waals surface area contributed by atoms with Crippen molar-refractivity contribution >= 4 is 24.0 Å². The van der Waals surface area contributed by atoms with E-state index in [4.69, 9.17) is 9.47 Å². The van der Waals surface area contributed by atoms with Gasteiger partial charge in [-0.2, -0.15) is 0 Å². The van der Waals surface area contributed by atoms with Crippen LogP contribution in [0.3, 0.4) is 0 Å². The fourth-order valence-corrected chi connectivity index (χ4v) is 2.54. The summed E-state index contributed by atoms with van der Waals surface area (Å²) in [5, 5.41) is 18.8. The number of carbonyl (C=O) groups excluding carboxylic acids is 1. The summed E-state index contributed by atoms with van der Waals surface area (Å²) in [7, 11) is 0. The van der Waals surface area contributed by atoms with Crippen molar-refractivity contribution < 1.29 is 34.1 Å². The number of aliphatic carboxylic acids is 2. The van der Waals surface area contributed by atoms with Crippen molar-refractivity contribution in [3.8, 4) is 0 Å². The van der Waals surface area contributed by atoms with Crippen LogP contribution in [0.25, 0.3) is 6.08 Å². The van der Waals surface area contributed by atoms with Crippen LogP contribution in [0.1, 0.15) is 44.6 Å². The van der Waals surface area contributed by atoms with Gasteiger partial charge < -0.3 is 19.7 Å². The van der Waals surface area contributed by atoms with Gasteiger partial charge in [-0.25, -0.2) is 4.79 Å². The van der Waals surface area contributed by atoms with E-state index in [1.807, 2.05) is 0 Å². The van der Waals surface area contributed by atoms with Crippen LogP contribution in [0, 0.1) is 5.92 Å². The van der Waals surface area contributed by atoms with Gasteiger partial charge in [-0.15, -0.1) is 0 Å². The Kier molecular flexibility index (Phi) is 11.3. The fourth-order valence-electron chi connectivity index (χ4n) is 2.54. The molecule has 0 radical (unpaired) electrons. The van der Waals surface area contributed by atoms with Crippen molar-refractivity contribution in [3.05, 3.63) is 41.5 Å². The number of ether oxygens (including phenoxy) is 2. The third-order valence-corrected chi connectivity index (χ3v) is 4.05. The first kappa shape index (κ1) is 23.4. The second kappa shape index (κ2) is 13.5. The molecule has 0 bridgehead atoms. The molecule has 7 nitrogen and oxygen atoms in total. The van der Waals surface area contributed by atoms with Crippen LogP contribution in [0.5, 0.6) is 0 Å². The van der Waals surface area contributed by atoms with Gasteiger partial charge in [0.05, 0.1) is 24.5 Å². The van der Waals surface area contributed by atoms with Gasteiger partial charge in [-0.05, 0) is 18.1 Å². The quantitative estimate of drug-likeness (QED) is 0.284. The molecule has 0 amide bonds. The Morgan fingerprint density at radius 2 is 1.71 bits per heavy atom. The Bertz CT molecular complexity index is 652. The summed E-state index contributed by atoms with van der Waals surface area (Å²) >= 11 is 0. The minimum atomic E-state index is -1.50. The van der Waals surface area contributed by atoms with Gasteiger partial charge >= 0.3 is 17.9 Å². The van der Waals surface area contributed by atoms with Gasteiger partial charge in [-0.1, -0.05) is 56.5 Å². The molecule has 0 fully saturated rings. The summed E-state index contributed by atoms with van der Waals surface area (Å²) in [6, 6.07) is 8.47. The van der Waals surface area contributed by atoms with Crippen LogP contribution >= 0.6 is 0 Å². The summed E-state index contributed by atoms with van der Waals surface area (Å²) in [5.74, 6) is -5.06. The molecule has 1 unspecified atom stereocenters. The van der Waals surface area contributed by atoms with Crippen molar-refractivity contribution in [2.24, 2.45) is 5.92 Å². The molecule has 28 heavy (non-hydrogen) atoms. The van der Waals surface area contributed by atoms with E-state index in [1.54, 1.807) is 30.3 Å². The molecule has 1 rings (SSSR count). The van der Waals surface area contributed by atoms with E-state index in [0.717, 1.165) is 25.7 Å². The molecular formula is C21H28O7. The zero-order chi connectivity index (χ0) is 20.8. The smallest absolute Gasteiger partial charge is 0.332 e. The Morgan fingerprint density at radius 3 is 2.32 bits per heavy atom. The predicted molar refractivity (Wildman–Crippen MR) is 104 cm³/mol. The highest BCUT2D eigenvalue weighted by Gasteiger charge is 2.30. The fraction of sp³-hybridized carbons (Fsp3) is 0.476. The van der Waals surface area contributed by atoms with Crippen LogP contribution < -0.4 is 0 Å². The second-order valence-electron chi connectivity index (χ2n) is 6.30. The summed E-state index contributed by atoms with van der Waals surface area (Å²) in [5.41, 5.74) is 0.166. The average molecular weight is 392 g/mol. The van der Waals surface area contributed by atoms with E-state index in [1.165, 1.54) is 6.08 Å². The van der Waals surface area contributed by atoms with Crippen LogP contribution in [0.15, 0.2) is 35.9 Å². The minimum absolute atomic E-state index is 0.00372. The zero-order valence-corrected chi connectivity index (χ0v) is 16.1. The highest BCUT2D eigenvalue weighted by Crippen LogP contribution is 2.20. The SMILES string of the molecule is CCCCCCOCCOC(=O)CC(C(=O)O)C(=Cc1ccccc1)C(=O)O. The molecule has 0 spiro atoms. The molecule has 0 aliphatic heterocycles. The summed E-state index contributed by atoms with van der Waals surface area (Å²) in [6.07, 6.45) is 5.01. The third-order valence-electron chi connectivity index (χ3n) is 4.05. The number of unbranched alkanes of at least 4 members (excludes halogenated alkanes) is 3. The monoisotopic (exact) mass is 392 g/mol. The maximum atomic E-state index is 12.0. The highest BCUT2D eigenvalue weighted by molar-refractivity contribution is 5.99. The number of hydrogen-bond donors (Lipinski definition) is 2. The first-order valence-corrected chi connectivity index (χ1v) is 9.41. The lowest BCUT2D eigenvalue weighted by Crippen LogP contribution is -2.25. The van der Waals surface area contributed by atoms with Crippen LogP contribution in [0.2, 0.25) is 0 Å². The lowest BCUT2D eigenvalue weighted by atomic mass is 9.93. The molecule has 2 N–H and O–H groups in total. The Hall–Kier alpha value is -2.67. The third kappa shape index (κ3) is 9.32. The second-order valence-corrected chi connectivity index (χ2v) is 6.30. The summed E-state index contributed by atoms with van der Waals surface area (Å²) in [4.78, 5) is 35.0. The van der Waals surface area contributed by atoms with Gasteiger partial charge in [0.2, 0.25) is 0 Å². The molecule has 0 aromatic heterocycles. The topological polar surface area (TPSA) is 110 Å². The number of rotatable bonds is 14. The minimum Gasteiger partial charge on any atom is -0.481 e. The predicted octanol–water partition coefficient (Wildman–Crippen LogP) is 3.39. The van der Waals surface area contributed by atoms with E-state index < -0.39 is 30.2 Å². The Balaban J connectivity index is 2.56. The van der Waals surface area contributed by atoms with Crippen molar-refractivity contribution in [3.63, 3.8) is 0 Å². The van der Waals surface area contributed by atoms with Gasteiger partial charge in [0, 0.05) is 6.61 Å². The number of carboxylic acid groups (broad SMARTS) is 2. The van der Waals surface area contributed by atoms with E-state index in [2.05, 4.69) is 6.92 Å². The lowest BCUT2D eigenvalue weighted by molar-refractivity contribution is -0.152. The summed E-state index contributed by atoms with van der Waals surface area (Å²) in [6.45, 7) is 2.93. The normalized spacial score (nSPS) is 12.4.